The summed E-state index contributed by atoms with van der Waals surface area (Å²) < 4.78 is 11.1. The van der Waals surface area contributed by atoms with Crippen LogP contribution in [0.1, 0.15) is 5.56 Å². The summed E-state index contributed by atoms with van der Waals surface area (Å²) in [6, 6.07) is 9.73. The summed E-state index contributed by atoms with van der Waals surface area (Å²) in [5, 5.41) is 7.00. The van der Waals surface area contributed by atoms with Gasteiger partial charge in [-0.05, 0) is 5.56 Å². The smallest absolute Gasteiger partial charge is 0.415 e. The summed E-state index contributed by atoms with van der Waals surface area (Å²) >= 11 is 0. The number of amides is 1. The number of hydrogen-bond donors (Lipinski definition) is 1. The van der Waals surface area contributed by atoms with Crippen molar-refractivity contribution in [1.29, 1.82) is 0 Å². The van der Waals surface area contributed by atoms with Gasteiger partial charge < -0.3 is 14.6 Å². The molecule has 2 unspecified atom stereocenters. The number of aliphatic hydroxyl groups excluding tert-OH is 1. The van der Waals surface area contributed by atoms with E-state index in [0.29, 0.717) is 17.7 Å². The molecule has 0 radical (unpaired) electrons. The highest BCUT2D eigenvalue weighted by molar-refractivity contribution is 5.61. The van der Waals surface area contributed by atoms with Gasteiger partial charge in [0.2, 0.25) is 0 Å². The fraction of sp³-hybridized carbons (Fsp3) is 0.462. The SMILES string of the molecule is CO.O=C(OCc1ccccc1)[N+]12CCOC1C2. The average molecular weight is 252 g/mol. The maximum atomic E-state index is 11.9. The largest absolute Gasteiger partial charge is 0.519 e. The normalized spacial score (nSPS) is 27.8. The summed E-state index contributed by atoms with van der Waals surface area (Å²) in [6.07, 6.45) is -0.0744. The third-order valence-corrected chi connectivity index (χ3v) is 3.27. The minimum absolute atomic E-state index is 0.0725. The molecule has 18 heavy (non-hydrogen) atoms. The number of fused-ring (bicyclic) bond motifs is 1. The molecule has 0 aliphatic carbocycles. The molecular formula is C13H18NO4+. The quantitative estimate of drug-likeness (QED) is 0.633. The van der Waals surface area contributed by atoms with Crippen LogP contribution in [0.2, 0.25) is 0 Å². The molecule has 0 aromatic heterocycles. The van der Waals surface area contributed by atoms with E-state index >= 15 is 0 Å². The Bertz CT molecular complexity index is 409. The van der Waals surface area contributed by atoms with Gasteiger partial charge in [0, 0.05) is 7.11 Å². The predicted molar refractivity (Wildman–Crippen MR) is 64.5 cm³/mol. The van der Waals surface area contributed by atoms with E-state index < -0.39 is 0 Å². The molecule has 1 N–H and O–H groups in total. The molecule has 0 bridgehead atoms. The maximum Gasteiger partial charge on any atom is 0.519 e. The number of quaternary nitrogens is 1. The summed E-state index contributed by atoms with van der Waals surface area (Å²) in [7, 11) is 1.00. The molecule has 2 heterocycles. The molecule has 1 aromatic rings. The molecule has 2 aliphatic rings. The Morgan fingerprint density at radius 1 is 1.44 bits per heavy atom. The Morgan fingerprint density at radius 3 is 2.72 bits per heavy atom. The molecule has 5 nitrogen and oxygen atoms in total. The Morgan fingerprint density at radius 2 is 2.17 bits per heavy atom. The number of ether oxygens (including phenoxy) is 2. The van der Waals surface area contributed by atoms with Crippen molar-refractivity contribution >= 4 is 6.09 Å². The molecule has 2 aliphatic heterocycles. The van der Waals surface area contributed by atoms with Crippen molar-refractivity contribution in [3.05, 3.63) is 35.9 Å². The van der Waals surface area contributed by atoms with E-state index in [4.69, 9.17) is 14.6 Å². The zero-order chi connectivity index (χ0) is 13.0. The van der Waals surface area contributed by atoms with Gasteiger partial charge in [-0.2, -0.15) is 9.28 Å². The van der Waals surface area contributed by atoms with Crippen molar-refractivity contribution < 1.29 is 23.9 Å². The van der Waals surface area contributed by atoms with Crippen LogP contribution in [0.25, 0.3) is 0 Å². The van der Waals surface area contributed by atoms with Crippen LogP contribution >= 0.6 is 0 Å². The van der Waals surface area contributed by atoms with Crippen LogP contribution < -0.4 is 0 Å². The van der Waals surface area contributed by atoms with Crippen molar-refractivity contribution in [3.63, 3.8) is 0 Å². The number of hydrogen-bond acceptors (Lipinski definition) is 4. The highest BCUT2D eigenvalue weighted by Gasteiger charge is 2.67. The highest BCUT2D eigenvalue weighted by Crippen LogP contribution is 2.37. The van der Waals surface area contributed by atoms with E-state index in [1.807, 2.05) is 30.3 Å². The van der Waals surface area contributed by atoms with Gasteiger partial charge in [-0.3, -0.25) is 0 Å². The monoisotopic (exact) mass is 252 g/mol. The van der Waals surface area contributed by atoms with Crippen LogP contribution in [-0.4, -0.2) is 48.7 Å². The molecule has 3 rings (SSSR count). The predicted octanol–water partition coefficient (Wildman–Crippen LogP) is 1.12. The molecule has 5 heteroatoms. The van der Waals surface area contributed by atoms with Gasteiger partial charge in [0.05, 0.1) is 0 Å². The molecule has 2 fully saturated rings. The van der Waals surface area contributed by atoms with E-state index in [1.165, 1.54) is 0 Å². The van der Waals surface area contributed by atoms with Gasteiger partial charge in [0.25, 0.3) is 6.23 Å². The Labute approximate surface area is 106 Å². The molecule has 2 saturated heterocycles. The van der Waals surface area contributed by atoms with Crippen molar-refractivity contribution in [2.45, 2.75) is 12.8 Å². The molecule has 0 saturated carbocycles. The van der Waals surface area contributed by atoms with E-state index in [9.17, 15) is 4.79 Å². The van der Waals surface area contributed by atoms with Crippen LogP contribution in [-0.2, 0) is 16.1 Å². The van der Waals surface area contributed by atoms with Crippen molar-refractivity contribution in [1.82, 2.24) is 0 Å². The minimum Gasteiger partial charge on any atom is -0.415 e. The topological polar surface area (TPSA) is 55.8 Å². The molecule has 98 valence electrons. The van der Waals surface area contributed by atoms with Crippen molar-refractivity contribution in [2.75, 3.05) is 26.8 Å². The van der Waals surface area contributed by atoms with Gasteiger partial charge in [-0.25, -0.2) is 0 Å². The lowest BCUT2D eigenvalue weighted by Crippen LogP contribution is -2.34. The Kier molecular flexibility index (Phi) is 3.96. The fourth-order valence-corrected chi connectivity index (χ4v) is 2.15. The number of carbonyl (C=O) groups is 1. The van der Waals surface area contributed by atoms with Gasteiger partial charge in [0.15, 0.2) is 6.54 Å². The van der Waals surface area contributed by atoms with Crippen LogP contribution in [0.15, 0.2) is 30.3 Å². The Balaban J connectivity index is 0.000000574. The van der Waals surface area contributed by atoms with E-state index in [-0.39, 0.29) is 12.3 Å². The van der Waals surface area contributed by atoms with E-state index in [1.54, 1.807) is 0 Å². The number of morpholine rings is 1. The zero-order valence-corrected chi connectivity index (χ0v) is 10.4. The van der Waals surface area contributed by atoms with Gasteiger partial charge in [0.1, 0.15) is 19.8 Å². The number of aliphatic hydroxyl groups is 1. The van der Waals surface area contributed by atoms with Crippen LogP contribution in [0.5, 0.6) is 0 Å². The van der Waals surface area contributed by atoms with E-state index in [0.717, 1.165) is 25.8 Å². The highest BCUT2D eigenvalue weighted by atomic mass is 16.6. The first-order valence-electron chi connectivity index (χ1n) is 5.96. The van der Waals surface area contributed by atoms with Crippen LogP contribution in [0.3, 0.4) is 0 Å². The number of rotatable bonds is 2. The number of benzene rings is 1. The number of nitrogens with zero attached hydrogens (tertiary/aromatic N) is 1. The minimum atomic E-state index is -0.147. The second-order valence-electron chi connectivity index (χ2n) is 4.31. The third kappa shape index (κ3) is 2.38. The second-order valence-corrected chi connectivity index (χ2v) is 4.31. The van der Waals surface area contributed by atoms with Gasteiger partial charge in [-0.1, -0.05) is 30.3 Å². The third-order valence-electron chi connectivity index (χ3n) is 3.27. The molecule has 2 atom stereocenters. The van der Waals surface area contributed by atoms with Crippen LogP contribution in [0, 0.1) is 0 Å². The average Bonchev–Trinajstić information content (AvgIpc) is 3.02. The molecular weight excluding hydrogens is 234 g/mol. The molecule has 0 spiro atoms. The maximum absolute atomic E-state index is 11.9. The molecule has 1 amide bonds. The lowest BCUT2D eigenvalue weighted by molar-refractivity contribution is -0.731. The summed E-state index contributed by atoms with van der Waals surface area (Å²) in [5.41, 5.74) is 1.02. The lowest BCUT2D eigenvalue weighted by Gasteiger charge is -2.10. The van der Waals surface area contributed by atoms with Crippen molar-refractivity contribution in [2.24, 2.45) is 0 Å². The summed E-state index contributed by atoms with van der Waals surface area (Å²) in [5.74, 6) is 0. The Hall–Kier alpha value is -1.43. The first-order chi connectivity index (χ1) is 8.81. The summed E-state index contributed by atoms with van der Waals surface area (Å²) in [4.78, 5) is 11.9. The first-order valence-corrected chi connectivity index (χ1v) is 5.96. The first kappa shape index (κ1) is 13.0. The lowest BCUT2D eigenvalue weighted by atomic mass is 10.2. The summed E-state index contributed by atoms with van der Waals surface area (Å²) in [6.45, 7) is 2.57. The number of carbonyl (C=O) groups excluding carboxylic acids is 1. The van der Waals surface area contributed by atoms with Gasteiger partial charge in [-0.15, -0.1) is 0 Å². The van der Waals surface area contributed by atoms with Crippen molar-refractivity contribution in [3.8, 4) is 0 Å². The van der Waals surface area contributed by atoms with Crippen LogP contribution in [0.4, 0.5) is 4.79 Å². The van der Waals surface area contributed by atoms with E-state index in [2.05, 4.69) is 0 Å². The molecule has 1 aromatic carbocycles. The van der Waals surface area contributed by atoms with Gasteiger partial charge >= 0.3 is 6.09 Å². The second kappa shape index (κ2) is 5.48. The fourth-order valence-electron chi connectivity index (χ4n) is 2.15. The standard InChI is InChI=1S/C12H14NO3.CH4O/c14-12(13-6-7-15-11(13)8-13)16-9-10-4-2-1-3-5-10;1-2/h1-5,11H,6-9H2;2H,1H3/q+1;. The zero-order valence-electron chi connectivity index (χ0n) is 10.4.